The van der Waals surface area contributed by atoms with Crippen LogP contribution in [-0.2, 0) is 32.6 Å². The molecule has 40 heavy (non-hydrogen) atoms. The maximum absolute atomic E-state index is 13.8. The van der Waals surface area contributed by atoms with E-state index in [0.29, 0.717) is 23.6 Å². The number of halogens is 1. The van der Waals surface area contributed by atoms with Crippen LogP contribution in [0.5, 0.6) is 0 Å². The summed E-state index contributed by atoms with van der Waals surface area (Å²) in [5, 5.41) is 3.55. The average Bonchev–Trinajstić information content (AvgIpc) is 2.90. The van der Waals surface area contributed by atoms with Crippen LogP contribution in [0.15, 0.2) is 78.9 Å². The Morgan fingerprint density at radius 3 is 2.10 bits per heavy atom. The molecule has 1 atom stereocenters. The molecule has 3 rings (SSSR count). The Morgan fingerprint density at radius 2 is 1.52 bits per heavy atom. The molecule has 3 aromatic carbocycles. The van der Waals surface area contributed by atoms with Gasteiger partial charge >= 0.3 is 0 Å². The van der Waals surface area contributed by atoms with Gasteiger partial charge in [-0.1, -0.05) is 71.8 Å². The van der Waals surface area contributed by atoms with Gasteiger partial charge in [-0.25, -0.2) is 8.42 Å². The molecule has 0 saturated heterocycles. The number of aryl methyl sites for hydroxylation is 1. The third kappa shape index (κ3) is 9.38. The van der Waals surface area contributed by atoms with Crippen LogP contribution in [-0.4, -0.2) is 50.0 Å². The van der Waals surface area contributed by atoms with Crippen LogP contribution in [0.25, 0.3) is 0 Å². The molecule has 0 bridgehead atoms. The highest BCUT2D eigenvalue weighted by atomic mass is 35.5. The summed E-state index contributed by atoms with van der Waals surface area (Å²) >= 11 is 6.08. The molecule has 3 aromatic rings. The monoisotopic (exact) mass is 583 g/mol. The quantitative estimate of drug-likeness (QED) is 0.293. The second-order valence-electron chi connectivity index (χ2n) is 10.3. The van der Waals surface area contributed by atoms with Gasteiger partial charge in [-0.3, -0.25) is 13.9 Å². The van der Waals surface area contributed by atoms with E-state index in [1.807, 2.05) is 75.4 Å². The predicted octanol–water partition coefficient (Wildman–Crippen LogP) is 5.36. The molecular weight excluding hydrogens is 546 g/mol. The van der Waals surface area contributed by atoms with Crippen LogP contribution in [0.4, 0.5) is 5.69 Å². The van der Waals surface area contributed by atoms with Crippen molar-refractivity contribution in [3.63, 3.8) is 0 Å². The summed E-state index contributed by atoms with van der Waals surface area (Å²) < 4.78 is 26.4. The minimum absolute atomic E-state index is 0.0751. The van der Waals surface area contributed by atoms with Crippen LogP contribution in [0, 0.1) is 6.92 Å². The molecule has 214 valence electrons. The highest BCUT2D eigenvalue weighted by Gasteiger charge is 2.31. The van der Waals surface area contributed by atoms with Gasteiger partial charge in [-0.05, 0) is 62.6 Å². The minimum atomic E-state index is -3.55. The molecule has 9 heteroatoms. The van der Waals surface area contributed by atoms with E-state index in [9.17, 15) is 18.0 Å². The van der Waals surface area contributed by atoms with Gasteiger partial charge in [0.15, 0.2) is 0 Å². The number of hydrogen-bond donors (Lipinski definition) is 1. The first-order valence-electron chi connectivity index (χ1n) is 13.4. The molecule has 0 spiro atoms. The number of nitrogens with zero attached hydrogens (tertiary/aromatic N) is 2. The second-order valence-corrected chi connectivity index (χ2v) is 12.6. The molecule has 1 unspecified atom stereocenters. The number of carbonyl (C=O) groups excluding carboxylic acids is 2. The average molecular weight is 584 g/mol. The first kappa shape index (κ1) is 31.2. The van der Waals surface area contributed by atoms with Crippen LogP contribution in [0.2, 0.25) is 5.02 Å². The SMILES string of the molecule is Cc1ccc(N(CCCC(=O)N(Cc2ccc(Cl)cc2)C(Cc2ccccc2)C(=O)NC(C)C)S(C)(=O)=O)cc1. The van der Waals surface area contributed by atoms with E-state index in [4.69, 9.17) is 11.6 Å². The summed E-state index contributed by atoms with van der Waals surface area (Å²) in [5.74, 6) is -0.467. The molecule has 2 amide bonds. The van der Waals surface area contributed by atoms with E-state index >= 15 is 0 Å². The molecule has 7 nitrogen and oxygen atoms in total. The molecule has 0 heterocycles. The van der Waals surface area contributed by atoms with Crippen LogP contribution in [0.1, 0.15) is 43.4 Å². The van der Waals surface area contributed by atoms with E-state index in [0.717, 1.165) is 22.9 Å². The number of nitrogens with one attached hydrogen (secondary N) is 1. The molecule has 0 aliphatic carbocycles. The number of carbonyl (C=O) groups is 2. The van der Waals surface area contributed by atoms with Crippen molar-refractivity contribution < 1.29 is 18.0 Å². The minimum Gasteiger partial charge on any atom is -0.352 e. The fraction of sp³-hybridized carbons (Fsp3) is 0.355. The molecule has 1 N–H and O–H groups in total. The van der Waals surface area contributed by atoms with Crippen molar-refractivity contribution in [3.8, 4) is 0 Å². The first-order chi connectivity index (χ1) is 18.9. The molecule has 0 aliphatic heterocycles. The number of hydrogen-bond acceptors (Lipinski definition) is 4. The highest BCUT2D eigenvalue weighted by Crippen LogP contribution is 2.21. The summed E-state index contributed by atoms with van der Waals surface area (Å²) in [6.07, 6.45) is 1.87. The van der Waals surface area contributed by atoms with Crippen LogP contribution >= 0.6 is 11.6 Å². The Balaban J connectivity index is 1.87. The van der Waals surface area contributed by atoms with Crippen molar-refractivity contribution in [2.24, 2.45) is 0 Å². The molecule has 0 aromatic heterocycles. The van der Waals surface area contributed by atoms with Crippen LogP contribution in [0.3, 0.4) is 0 Å². The smallest absolute Gasteiger partial charge is 0.243 e. The topological polar surface area (TPSA) is 86.8 Å². The molecule has 0 fully saturated rings. The number of sulfonamides is 1. The third-order valence-electron chi connectivity index (χ3n) is 6.44. The van der Waals surface area contributed by atoms with E-state index in [1.165, 1.54) is 4.31 Å². The van der Waals surface area contributed by atoms with Crippen molar-refractivity contribution in [2.75, 3.05) is 17.1 Å². The standard InChI is InChI=1S/C31H38ClN3O4S/c1-23(2)33-31(37)29(21-25-9-6-5-7-10-25)34(22-26-14-16-27(32)17-15-26)30(36)11-8-20-35(40(4,38)39)28-18-12-24(3)13-19-28/h5-7,9-10,12-19,23,29H,8,11,20-22H2,1-4H3,(H,33,37). The zero-order valence-electron chi connectivity index (χ0n) is 23.5. The second kappa shape index (κ2) is 14.3. The van der Waals surface area contributed by atoms with Crippen molar-refractivity contribution in [1.82, 2.24) is 10.2 Å². The van der Waals surface area contributed by atoms with Gasteiger partial charge in [0.05, 0.1) is 11.9 Å². The van der Waals surface area contributed by atoms with Crippen LogP contribution < -0.4 is 9.62 Å². The van der Waals surface area contributed by atoms with Crippen molar-refractivity contribution in [2.45, 2.75) is 58.7 Å². The zero-order chi connectivity index (χ0) is 29.3. The summed E-state index contributed by atoms with van der Waals surface area (Å²) in [6.45, 7) is 6.06. The Kier molecular flexibility index (Phi) is 11.2. The summed E-state index contributed by atoms with van der Waals surface area (Å²) in [6, 6.07) is 23.2. The maximum Gasteiger partial charge on any atom is 0.243 e. The first-order valence-corrected chi connectivity index (χ1v) is 15.6. The van der Waals surface area contributed by atoms with E-state index < -0.39 is 16.1 Å². The molecule has 0 aliphatic rings. The van der Waals surface area contributed by atoms with Gasteiger partial charge in [0, 0.05) is 37.0 Å². The lowest BCUT2D eigenvalue weighted by Gasteiger charge is -2.32. The highest BCUT2D eigenvalue weighted by molar-refractivity contribution is 7.92. The Labute approximate surface area is 243 Å². The lowest BCUT2D eigenvalue weighted by atomic mass is 10.0. The predicted molar refractivity (Wildman–Crippen MR) is 162 cm³/mol. The normalized spacial score (nSPS) is 12.2. The number of rotatable bonds is 13. The summed E-state index contributed by atoms with van der Waals surface area (Å²) in [7, 11) is -3.55. The van der Waals surface area contributed by atoms with E-state index in [1.54, 1.807) is 29.2 Å². The number of amides is 2. The van der Waals surface area contributed by atoms with Gasteiger partial charge in [0.1, 0.15) is 6.04 Å². The lowest BCUT2D eigenvalue weighted by molar-refractivity contribution is -0.141. The van der Waals surface area contributed by atoms with Crippen molar-refractivity contribution >= 4 is 39.1 Å². The molecule has 0 saturated carbocycles. The molecule has 0 radical (unpaired) electrons. The molecular formula is C31H38ClN3O4S. The largest absolute Gasteiger partial charge is 0.352 e. The van der Waals surface area contributed by atoms with Crippen molar-refractivity contribution in [3.05, 3.63) is 101 Å². The third-order valence-corrected chi connectivity index (χ3v) is 7.89. The van der Waals surface area contributed by atoms with E-state index in [2.05, 4.69) is 5.32 Å². The number of benzene rings is 3. The van der Waals surface area contributed by atoms with Gasteiger partial charge < -0.3 is 10.2 Å². The van der Waals surface area contributed by atoms with Gasteiger partial charge in [0.2, 0.25) is 21.8 Å². The number of anilines is 1. The Hall–Kier alpha value is -3.36. The van der Waals surface area contributed by atoms with Crippen molar-refractivity contribution in [1.29, 1.82) is 0 Å². The Bertz CT molecular complexity index is 1360. The van der Waals surface area contributed by atoms with Gasteiger partial charge in [0.25, 0.3) is 0 Å². The van der Waals surface area contributed by atoms with E-state index in [-0.39, 0.29) is 37.4 Å². The maximum atomic E-state index is 13.8. The fourth-order valence-corrected chi connectivity index (χ4v) is 5.53. The summed E-state index contributed by atoms with van der Waals surface area (Å²) in [4.78, 5) is 28.9. The van der Waals surface area contributed by atoms with Gasteiger partial charge in [-0.2, -0.15) is 0 Å². The fourth-order valence-electron chi connectivity index (χ4n) is 4.44. The summed E-state index contributed by atoms with van der Waals surface area (Å²) in [5.41, 5.74) is 3.35. The zero-order valence-corrected chi connectivity index (χ0v) is 25.1. The van der Waals surface area contributed by atoms with Gasteiger partial charge in [-0.15, -0.1) is 0 Å². The lowest BCUT2D eigenvalue weighted by Crippen LogP contribution is -2.51. The Morgan fingerprint density at radius 1 is 0.900 bits per heavy atom.